The standard InChI is InChI=1S/C10H9ClFNO2/c1-15-9(14)5-6-13-8-4-2-3-7(12)10(8)11/h2-6,13H,1H3/b6-5+. The molecule has 80 valence electrons. The maximum Gasteiger partial charge on any atom is 0.331 e. The van der Waals surface area contributed by atoms with Crippen molar-refractivity contribution in [2.75, 3.05) is 12.4 Å². The number of hydrogen-bond acceptors (Lipinski definition) is 3. The molecule has 0 bridgehead atoms. The van der Waals surface area contributed by atoms with Gasteiger partial charge in [-0.25, -0.2) is 9.18 Å². The first kappa shape index (κ1) is 11.5. The Labute approximate surface area is 91.5 Å². The molecule has 0 amide bonds. The highest BCUT2D eigenvalue weighted by Gasteiger charge is 2.03. The van der Waals surface area contributed by atoms with E-state index in [1.807, 2.05) is 0 Å². The van der Waals surface area contributed by atoms with Gasteiger partial charge < -0.3 is 10.1 Å². The molecular weight excluding hydrogens is 221 g/mol. The van der Waals surface area contributed by atoms with E-state index in [2.05, 4.69) is 10.1 Å². The predicted octanol–water partition coefficient (Wildman–Crippen LogP) is 2.58. The quantitative estimate of drug-likeness (QED) is 0.640. The summed E-state index contributed by atoms with van der Waals surface area (Å²) >= 11 is 5.65. The van der Waals surface area contributed by atoms with E-state index < -0.39 is 11.8 Å². The van der Waals surface area contributed by atoms with Crippen molar-refractivity contribution in [3.8, 4) is 0 Å². The summed E-state index contributed by atoms with van der Waals surface area (Å²) in [5.74, 6) is -1.02. The van der Waals surface area contributed by atoms with Gasteiger partial charge in [0.25, 0.3) is 0 Å². The molecule has 0 aromatic heterocycles. The van der Waals surface area contributed by atoms with E-state index in [0.717, 1.165) is 0 Å². The highest BCUT2D eigenvalue weighted by atomic mass is 35.5. The van der Waals surface area contributed by atoms with Crippen molar-refractivity contribution >= 4 is 23.3 Å². The van der Waals surface area contributed by atoms with Crippen LogP contribution >= 0.6 is 11.6 Å². The van der Waals surface area contributed by atoms with E-state index in [1.54, 1.807) is 6.07 Å². The first-order valence-corrected chi connectivity index (χ1v) is 4.48. The van der Waals surface area contributed by atoms with E-state index in [-0.39, 0.29) is 5.02 Å². The zero-order chi connectivity index (χ0) is 11.3. The van der Waals surface area contributed by atoms with Crippen LogP contribution in [0.15, 0.2) is 30.5 Å². The van der Waals surface area contributed by atoms with Gasteiger partial charge in [-0.3, -0.25) is 0 Å². The van der Waals surface area contributed by atoms with Gasteiger partial charge in [0.1, 0.15) is 5.82 Å². The number of nitrogens with one attached hydrogen (secondary N) is 1. The lowest BCUT2D eigenvalue weighted by molar-refractivity contribution is -0.134. The summed E-state index contributed by atoms with van der Waals surface area (Å²) in [7, 11) is 1.27. The summed E-state index contributed by atoms with van der Waals surface area (Å²) in [5.41, 5.74) is 0.386. The van der Waals surface area contributed by atoms with Gasteiger partial charge >= 0.3 is 5.97 Å². The van der Waals surface area contributed by atoms with Crippen LogP contribution < -0.4 is 5.32 Å². The lowest BCUT2D eigenvalue weighted by atomic mass is 10.3. The van der Waals surface area contributed by atoms with Crippen LogP contribution in [0.3, 0.4) is 0 Å². The molecule has 0 heterocycles. The Balaban J connectivity index is 2.70. The molecule has 0 saturated carbocycles. The molecule has 1 aromatic carbocycles. The summed E-state index contributed by atoms with van der Waals surface area (Å²) in [6, 6.07) is 4.35. The third kappa shape index (κ3) is 3.25. The first-order valence-electron chi connectivity index (χ1n) is 4.10. The number of esters is 1. The monoisotopic (exact) mass is 229 g/mol. The normalized spacial score (nSPS) is 10.3. The minimum Gasteiger partial charge on any atom is -0.466 e. The van der Waals surface area contributed by atoms with Gasteiger partial charge in [-0.1, -0.05) is 17.7 Å². The molecule has 0 radical (unpaired) electrons. The Morgan fingerprint density at radius 1 is 1.60 bits per heavy atom. The number of benzene rings is 1. The fourth-order valence-electron chi connectivity index (χ4n) is 0.883. The van der Waals surface area contributed by atoms with E-state index in [9.17, 15) is 9.18 Å². The van der Waals surface area contributed by atoms with Crippen LogP contribution in [0.2, 0.25) is 5.02 Å². The van der Waals surface area contributed by atoms with Gasteiger partial charge in [-0.05, 0) is 12.1 Å². The second kappa shape index (κ2) is 5.36. The fourth-order valence-corrected chi connectivity index (χ4v) is 1.06. The molecule has 15 heavy (non-hydrogen) atoms. The number of carbonyl (C=O) groups is 1. The number of rotatable bonds is 3. The largest absolute Gasteiger partial charge is 0.466 e. The second-order valence-corrected chi connectivity index (χ2v) is 2.98. The SMILES string of the molecule is COC(=O)/C=C/Nc1cccc(F)c1Cl. The summed E-state index contributed by atoms with van der Waals surface area (Å²) in [6.45, 7) is 0. The Hall–Kier alpha value is -1.55. The average Bonchev–Trinajstić information content (AvgIpc) is 2.24. The Morgan fingerprint density at radius 2 is 2.33 bits per heavy atom. The van der Waals surface area contributed by atoms with Crippen LogP contribution in [0.4, 0.5) is 10.1 Å². The molecule has 0 atom stereocenters. The van der Waals surface area contributed by atoms with Crippen molar-refractivity contribution in [1.82, 2.24) is 0 Å². The molecule has 1 rings (SSSR count). The third-order valence-corrected chi connectivity index (χ3v) is 2.00. The number of ether oxygens (including phenoxy) is 1. The maximum atomic E-state index is 12.9. The van der Waals surface area contributed by atoms with E-state index >= 15 is 0 Å². The number of carbonyl (C=O) groups excluding carboxylic acids is 1. The molecule has 0 aliphatic rings. The van der Waals surface area contributed by atoms with Crippen LogP contribution in [0.5, 0.6) is 0 Å². The molecular formula is C10H9ClFNO2. The van der Waals surface area contributed by atoms with Crippen LogP contribution in [-0.2, 0) is 9.53 Å². The predicted molar refractivity (Wildman–Crippen MR) is 56.2 cm³/mol. The lowest BCUT2D eigenvalue weighted by Crippen LogP contribution is -1.97. The second-order valence-electron chi connectivity index (χ2n) is 2.60. The minimum atomic E-state index is -0.520. The summed E-state index contributed by atoms with van der Waals surface area (Å²) in [5, 5.41) is 2.64. The lowest BCUT2D eigenvalue weighted by Gasteiger charge is -2.03. The fraction of sp³-hybridized carbons (Fsp3) is 0.100. The molecule has 1 aromatic rings. The van der Waals surface area contributed by atoms with E-state index in [1.165, 1.54) is 31.5 Å². The van der Waals surface area contributed by atoms with Crippen molar-refractivity contribution in [3.63, 3.8) is 0 Å². The smallest absolute Gasteiger partial charge is 0.331 e. The minimum absolute atomic E-state index is 0.0213. The van der Waals surface area contributed by atoms with Crippen LogP contribution in [0.1, 0.15) is 0 Å². The van der Waals surface area contributed by atoms with Crippen molar-refractivity contribution in [1.29, 1.82) is 0 Å². The summed E-state index contributed by atoms with van der Waals surface area (Å²) < 4.78 is 17.3. The van der Waals surface area contributed by atoms with E-state index in [0.29, 0.717) is 5.69 Å². The third-order valence-electron chi connectivity index (χ3n) is 1.61. The Morgan fingerprint density at radius 3 is 3.00 bits per heavy atom. The highest BCUT2D eigenvalue weighted by molar-refractivity contribution is 6.33. The first-order chi connectivity index (χ1) is 7.15. The zero-order valence-corrected chi connectivity index (χ0v) is 8.72. The molecule has 1 N–H and O–H groups in total. The summed E-state index contributed by atoms with van der Waals surface area (Å²) in [6.07, 6.45) is 2.49. The van der Waals surface area contributed by atoms with Crippen LogP contribution in [-0.4, -0.2) is 13.1 Å². The van der Waals surface area contributed by atoms with Crippen LogP contribution in [0, 0.1) is 5.82 Å². The molecule has 0 saturated heterocycles. The van der Waals surface area contributed by atoms with Gasteiger partial charge in [0.15, 0.2) is 0 Å². The van der Waals surface area contributed by atoms with Gasteiger partial charge in [0.05, 0.1) is 17.8 Å². The average molecular weight is 230 g/mol. The van der Waals surface area contributed by atoms with Crippen molar-refractivity contribution in [2.45, 2.75) is 0 Å². The van der Waals surface area contributed by atoms with Gasteiger partial charge in [-0.2, -0.15) is 0 Å². The molecule has 3 nitrogen and oxygen atoms in total. The van der Waals surface area contributed by atoms with Gasteiger partial charge in [0.2, 0.25) is 0 Å². The number of methoxy groups -OCH3 is 1. The molecule has 5 heteroatoms. The van der Waals surface area contributed by atoms with Gasteiger partial charge in [-0.15, -0.1) is 0 Å². The van der Waals surface area contributed by atoms with Gasteiger partial charge in [0, 0.05) is 12.3 Å². The number of halogens is 2. The van der Waals surface area contributed by atoms with E-state index in [4.69, 9.17) is 11.6 Å². The van der Waals surface area contributed by atoms with Crippen molar-refractivity contribution in [2.24, 2.45) is 0 Å². The molecule has 0 spiro atoms. The van der Waals surface area contributed by atoms with Crippen LogP contribution in [0.25, 0.3) is 0 Å². The Kier molecular flexibility index (Phi) is 4.12. The zero-order valence-electron chi connectivity index (χ0n) is 7.96. The topological polar surface area (TPSA) is 38.3 Å². The Bertz CT molecular complexity index is 393. The van der Waals surface area contributed by atoms with Crippen molar-refractivity contribution in [3.05, 3.63) is 41.3 Å². The molecule has 0 fully saturated rings. The molecule has 0 aliphatic heterocycles. The van der Waals surface area contributed by atoms with Crippen molar-refractivity contribution < 1.29 is 13.9 Å². The summed E-state index contributed by atoms with van der Waals surface area (Å²) in [4.78, 5) is 10.7. The highest BCUT2D eigenvalue weighted by Crippen LogP contribution is 2.24. The number of anilines is 1. The molecule has 0 unspecified atom stereocenters. The maximum absolute atomic E-state index is 12.9. The molecule has 0 aliphatic carbocycles. The number of hydrogen-bond donors (Lipinski definition) is 1.